The number of hydrogen-bond acceptors (Lipinski definition) is 5. The number of rotatable bonds is 6. The molecule has 0 bridgehead atoms. The molecular formula is C16H23ClN2O5S. The fraction of sp³-hybridized carbons (Fsp3) is 0.500. The molecule has 0 radical (unpaired) electrons. The summed E-state index contributed by atoms with van der Waals surface area (Å²) < 4.78 is 31.7. The molecule has 1 unspecified atom stereocenters. The summed E-state index contributed by atoms with van der Waals surface area (Å²) in [6.45, 7) is 8.14. The maximum absolute atomic E-state index is 12.2. The lowest BCUT2D eigenvalue weighted by Gasteiger charge is -2.24. The fourth-order valence-corrected chi connectivity index (χ4v) is 3.08. The molecule has 0 heterocycles. The molecule has 2 atom stereocenters. The van der Waals surface area contributed by atoms with Crippen LogP contribution in [0.2, 0.25) is 5.02 Å². The number of esters is 1. The van der Waals surface area contributed by atoms with Crippen LogP contribution in [-0.4, -0.2) is 38.0 Å². The van der Waals surface area contributed by atoms with Gasteiger partial charge in [0.15, 0.2) is 6.10 Å². The van der Waals surface area contributed by atoms with Crippen molar-refractivity contribution in [1.82, 2.24) is 10.0 Å². The van der Waals surface area contributed by atoms with Crippen molar-refractivity contribution in [2.24, 2.45) is 0 Å². The van der Waals surface area contributed by atoms with Crippen molar-refractivity contribution < 1.29 is 22.7 Å². The highest BCUT2D eigenvalue weighted by Crippen LogP contribution is 2.14. The Morgan fingerprint density at radius 2 is 1.64 bits per heavy atom. The standard InChI is InChI=1S/C16H23ClN2O5S/c1-10(15(21)24-11(2)14(20)18-16(3,4)5)19-25(22,23)13-8-6-12(17)7-9-13/h6-11,19H,1-5H3,(H,18,20)/t10-,11?/m0/s1. The first-order valence-electron chi connectivity index (χ1n) is 7.62. The Balaban J connectivity index is 2.70. The second-order valence-electron chi connectivity index (χ2n) is 6.62. The van der Waals surface area contributed by atoms with E-state index in [0.717, 1.165) is 0 Å². The molecule has 140 valence electrons. The molecule has 7 nitrogen and oxygen atoms in total. The summed E-state index contributed by atoms with van der Waals surface area (Å²) in [5.41, 5.74) is -0.473. The van der Waals surface area contributed by atoms with Crippen LogP contribution in [0.1, 0.15) is 34.6 Å². The lowest BCUT2D eigenvalue weighted by Crippen LogP contribution is -2.48. The fourth-order valence-electron chi connectivity index (χ4n) is 1.76. The van der Waals surface area contributed by atoms with Crippen molar-refractivity contribution in [3.63, 3.8) is 0 Å². The summed E-state index contributed by atoms with van der Waals surface area (Å²) in [7, 11) is -3.92. The maximum atomic E-state index is 12.2. The van der Waals surface area contributed by atoms with Crippen LogP contribution in [0.25, 0.3) is 0 Å². The molecule has 0 saturated heterocycles. The molecule has 25 heavy (non-hydrogen) atoms. The average Bonchev–Trinajstić information content (AvgIpc) is 2.45. The number of amides is 1. The molecule has 0 fully saturated rings. The molecule has 1 rings (SSSR count). The number of carbonyl (C=O) groups is 2. The predicted molar refractivity (Wildman–Crippen MR) is 94.7 cm³/mol. The summed E-state index contributed by atoms with van der Waals surface area (Å²) in [6, 6.07) is 4.34. The molecule has 1 aromatic carbocycles. The highest BCUT2D eigenvalue weighted by atomic mass is 35.5. The first-order chi connectivity index (χ1) is 11.3. The topological polar surface area (TPSA) is 102 Å². The first kappa shape index (κ1) is 21.4. The van der Waals surface area contributed by atoms with E-state index in [1.54, 1.807) is 20.8 Å². The van der Waals surface area contributed by atoms with E-state index in [1.807, 2.05) is 0 Å². The molecule has 0 aromatic heterocycles. The molecule has 2 N–H and O–H groups in total. The van der Waals surface area contributed by atoms with E-state index in [4.69, 9.17) is 16.3 Å². The number of ether oxygens (including phenoxy) is 1. The molecule has 9 heteroatoms. The van der Waals surface area contributed by atoms with Gasteiger partial charge in [-0.2, -0.15) is 4.72 Å². The molecular weight excluding hydrogens is 368 g/mol. The Kier molecular flexibility index (Phi) is 6.99. The van der Waals surface area contributed by atoms with Crippen molar-refractivity contribution in [2.45, 2.75) is 57.2 Å². The van der Waals surface area contributed by atoms with Crippen LogP contribution < -0.4 is 10.0 Å². The van der Waals surface area contributed by atoms with Gasteiger partial charge in [-0.15, -0.1) is 0 Å². The van der Waals surface area contributed by atoms with Gasteiger partial charge in [0.05, 0.1) is 4.90 Å². The van der Waals surface area contributed by atoms with Crippen LogP contribution in [0.15, 0.2) is 29.2 Å². The lowest BCUT2D eigenvalue weighted by molar-refractivity contribution is -0.156. The smallest absolute Gasteiger partial charge is 0.324 e. The minimum absolute atomic E-state index is 0.0323. The Hall–Kier alpha value is -1.64. The van der Waals surface area contributed by atoms with Gasteiger partial charge in [-0.3, -0.25) is 9.59 Å². The Morgan fingerprint density at radius 1 is 1.12 bits per heavy atom. The van der Waals surface area contributed by atoms with E-state index in [-0.39, 0.29) is 4.90 Å². The largest absolute Gasteiger partial charge is 0.451 e. The van der Waals surface area contributed by atoms with Crippen LogP contribution in [0.3, 0.4) is 0 Å². The second kappa shape index (κ2) is 8.16. The van der Waals surface area contributed by atoms with Crippen molar-refractivity contribution in [3.8, 4) is 0 Å². The molecule has 0 aliphatic carbocycles. The van der Waals surface area contributed by atoms with Gasteiger partial charge in [-0.1, -0.05) is 11.6 Å². The monoisotopic (exact) mass is 390 g/mol. The van der Waals surface area contributed by atoms with Crippen molar-refractivity contribution in [1.29, 1.82) is 0 Å². The SMILES string of the molecule is CC(OC(=O)[C@H](C)NS(=O)(=O)c1ccc(Cl)cc1)C(=O)NC(C)(C)C. The zero-order valence-electron chi connectivity index (χ0n) is 14.8. The number of benzene rings is 1. The van der Waals surface area contributed by atoms with Gasteiger partial charge in [0.25, 0.3) is 5.91 Å². The molecule has 1 amide bonds. The first-order valence-corrected chi connectivity index (χ1v) is 9.48. The molecule has 0 aliphatic rings. The highest BCUT2D eigenvalue weighted by molar-refractivity contribution is 7.89. The summed E-state index contributed by atoms with van der Waals surface area (Å²) >= 11 is 5.72. The summed E-state index contributed by atoms with van der Waals surface area (Å²) in [6.07, 6.45) is -1.05. The van der Waals surface area contributed by atoms with Gasteiger partial charge in [0.1, 0.15) is 6.04 Å². The van der Waals surface area contributed by atoms with Gasteiger partial charge >= 0.3 is 5.97 Å². The van der Waals surface area contributed by atoms with Crippen molar-refractivity contribution in [3.05, 3.63) is 29.3 Å². The Labute approximate surface area is 153 Å². The zero-order chi connectivity index (χ0) is 19.4. The minimum Gasteiger partial charge on any atom is -0.451 e. The van der Waals surface area contributed by atoms with Gasteiger partial charge < -0.3 is 10.1 Å². The number of hydrogen-bond donors (Lipinski definition) is 2. The van der Waals surface area contributed by atoms with Crippen LogP contribution in [-0.2, 0) is 24.3 Å². The Bertz CT molecular complexity index is 726. The third-order valence-corrected chi connectivity index (χ3v) is 4.78. The van der Waals surface area contributed by atoms with E-state index in [2.05, 4.69) is 10.0 Å². The van der Waals surface area contributed by atoms with Crippen molar-refractivity contribution in [2.75, 3.05) is 0 Å². The molecule has 1 aromatic rings. The van der Waals surface area contributed by atoms with Gasteiger partial charge in [0, 0.05) is 10.6 Å². The molecule has 0 saturated carbocycles. The van der Waals surface area contributed by atoms with E-state index in [9.17, 15) is 18.0 Å². The number of carbonyl (C=O) groups excluding carboxylic acids is 2. The summed E-state index contributed by atoms with van der Waals surface area (Å²) in [5, 5.41) is 3.07. The summed E-state index contributed by atoms with van der Waals surface area (Å²) in [4.78, 5) is 23.9. The lowest BCUT2D eigenvalue weighted by atomic mass is 10.1. The molecule has 0 aliphatic heterocycles. The van der Waals surface area contributed by atoms with Crippen LogP contribution >= 0.6 is 11.6 Å². The van der Waals surface area contributed by atoms with E-state index >= 15 is 0 Å². The maximum Gasteiger partial charge on any atom is 0.324 e. The van der Waals surface area contributed by atoms with Crippen LogP contribution in [0.5, 0.6) is 0 Å². The number of nitrogens with one attached hydrogen (secondary N) is 2. The van der Waals surface area contributed by atoms with Crippen molar-refractivity contribution >= 4 is 33.5 Å². The average molecular weight is 391 g/mol. The third-order valence-electron chi connectivity index (χ3n) is 2.97. The van der Waals surface area contributed by atoms with Gasteiger partial charge in [-0.05, 0) is 58.9 Å². The van der Waals surface area contributed by atoms with Crippen LogP contribution in [0, 0.1) is 0 Å². The van der Waals surface area contributed by atoms with E-state index in [1.165, 1.54) is 38.1 Å². The predicted octanol–water partition coefficient (Wildman–Crippen LogP) is 1.85. The normalized spacial score (nSPS) is 14.5. The Morgan fingerprint density at radius 3 is 2.12 bits per heavy atom. The summed E-state index contributed by atoms with van der Waals surface area (Å²) in [5.74, 6) is -1.32. The van der Waals surface area contributed by atoms with E-state index < -0.39 is 39.6 Å². The molecule has 0 spiro atoms. The quantitative estimate of drug-likeness (QED) is 0.722. The van der Waals surface area contributed by atoms with Gasteiger partial charge in [-0.25, -0.2) is 8.42 Å². The van der Waals surface area contributed by atoms with Crippen LogP contribution in [0.4, 0.5) is 0 Å². The third kappa shape index (κ3) is 7.01. The minimum atomic E-state index is -3.92. The number of sulfonamides is 1. The van der Waals surface area contributed by atoms with E-state index in [0.29, 0.717) is 5.02 Å². The number of halogens is 1. The zero-order valence-corrected chi connectivity index (χ0v) is 16.4. The van der Waals surface area contributed by atoms with Gasteiger partial charge in [0.2, 0.25) is 10.0 Å². The highest BCUT2D eigenvalue weighted by Gasteiger charge is 2.27. The second-order valence-corrected chi connectivity index (χ2v) is 8.77.